The Morgan fingerprint density at radius 2 is 0.205 bits per heavy atom. The van der Waals surface area contributed by atoms with Gasteiger partial charge in [0.2, 0.25) is 0 Å². The van der Waals surface area contributed by atoms with Crippen molar-refractivity contribution in [1.82, 2.24) is 0 Å². The van der Waals surface area contributed by atoms with E-state index in [2.05, 4.69) is 152 Å². The fourth-order valence-electron chi connectivity index (χ4n) is 4.28. The van der Waals surface area contributed by atoms with Crippen LogP contribution in [0.15, 0.2) is 243 Å². The van der Waals surface area contributed by atoms with Crippen molar-refractivity contribution in [2.75, 3.05) is 107 Å². The molecule has 88 heavy (non-hydrogen) atoms. The molecule has 0 aliphatic carbocycles. The van der Waals surface area contributed by atoms with Crippen LogP contribution < -0.4 is 0 Å². The van der Waals surface area contributed by atoms with Crippen LogP contribution in [0.1, 0.15) is 51.9 Å². The fourth-order valence-corrected chi connectivity index (χ4v) is 4.28. The molecule has 15 N–H and O–H groups in total. The molecule has 0 saturated heterocycles. The first-order valence-electron chi connectivity index (χ1n) is 27.0. The molecule has 16 heteroatoms. The molecular weight excluding hydrogens is 1140 g/mol. The van der Waals surface area contributed by atoms with Crippen molar-refractivity contribution in [3.63, 3.8) is 0 Å². The second kappa shape index (κ2) is 154. The van der Waals surface area contributed by atoms with E-state index in [0.717, 1.165) is 107 Å². The summed E-state index contributed by atoms with van der Waals surface area (Å²) in [7, 11) is 14.6. The van der Waals surface area contributed by atoms with E-state index in [1.807, 2.05) is 146 Å². The Kier molecular flexibility index (Phi) is 209. The van der Waals surface area contributed by atoms with E-state index < -0.39 is 9.79 Å². The minimum atomic E-state index is -0.417. The Balaban J connectivity index is -0.0000000422. The quantitative estimate of drug-likeness (QED) is 0.0628. The number of aryl methyl sites for hydroxylation is 8. The summed E-state index contributed by atoms with van der Waals surface area (Å²) in [5.74, 6) is 0. The minimum Gasteiger partial charge on any atom is -0.400 e. The third kappa shape index (κ3) is 148. The van der Waals surface area contributed by atoms with Gasteiger partial charge in [0.15, 0.2) is 0 Å². The van der Waals surface area contributed by atoms with Crippen LogP contribution in [-0.2, 0) is 0 Å². The van der Waals surface area contributed by atoms with E-state index in [1.54, 1.807) is 0 Å². The number of aliphatic hydroxyl groups is 15. The number of rotatable bonds is 0. The molecule has 8 rings (SSSR count). The second-order valence-corrected chi connectivity index (χ2v) is 13.2. The molecule has 0 saturated carbocycles. The van der Waals surface area contributed by atoms with Gasteiger partial charge in [0.05, 0.1) is 2.56 Å². The van der Waals surface area contributed by atoms with Gasteiger partial charge in [-0.2, -0.15) is 9.79 Å². The van der Waals surface area contributed by atoms with Crippen molar-refractivity contribution in [2.45, 2.75) is 62.8 Å². The summed E-state index contributed by atoms with van der Waals surface area (Å²) in [6.45, 7) is 16.7. The molecule has 0 aromatic heterocycles. The molecule has 15 nitrogen and oxygen atoms in total. The fraction of sp³-hybridized carbons (Fsp3) is 0.333. The van der Waals surface area contributed by atoms with E-state index in [1.165, 1.54) is 44.5 Å². The highest BCUT2D eigenvalue weighted by Gasteiger charge is 1.76. The van der Waals surface area contributed by atoms with Gasteiger partial charge in [-0.3, -0.25) is 0 Å². The summed E-state index contributed by atoms with van der Waals surface area (Å²) in [4.78, 5) is 0. The van der Waals surface area contributed by atoms with Gasteiger partial charge < -0.3 is 76.6 Å². The van der Waals surface area contributed by atoms with Gasteiger partial charge in [0.25, 0.3) is 0 Å². The van der Waals surface area contributed by atoms with Crippen LogP contribution in [0, 0.1) is 55.4 Å². The first-order valence-corrected chi connectivity index (χ1v) is 26.0. The Labute approximate surface area is 543 Å². The summed E-state index contributed by atoms with van der Waals surface area (Å²) in [6.07, 6.45) is 0. The molecule has 0 fully saturated rings. The molecule has 0 spiro atoms. The third-order valence-corrected chi connectivity index (χ3v) is 7.52. The number of aliphatic hydroxyl groups excluding tert-OH is 15. The molecule has 0 atom stereocenters. The Hall–Kier alpha value is -6.41. The highest BCUT2D eigenvalue weighted by molar-refractivity contribution is 6.92. The summed E-state index contributed by atoms with van der Waals surface area (Å²) < 4.78 is 11.8. The van der Waals surface area contributed by atoms with Gasteiger partial charge in [-0.1, -0.05) is 295 Å². The maximum atomic E-state index is 7.00. The van der Waals surface area contributed by atoms with E-state index in [-0.39, 0.29) is 7.43 Å². The summed E-state index contributed by atoms with van der Waals surface area (Å²) in [6, 6.07) is 82.1. The lowest BCUT2D eigenvalue weighted by Gasteiger charge is -1.82. The van der Waals surface area contributed by atoms with Crippen LogP contribution >= 0.6 is 9.79 Å². The van der Waals surface area contributed by atoms with Crippen LogP contribution in [0.2, 0.25) is 0 Å². The zero-order valence-electron chi connectivity index (χ0n) is 59.3. The van der Waals surface area contributed by atoms with Crippen molar-refractivity contribution < 1.29 is 76.6 Å². The minimum absolute atomic E-state index is 0. The van der Waals surface area contributed by atoms with Crippen molar-refractivity contribution in [2.24, 2.45) is 0 Å². The van der Waals surface area contributed by atoms with Crippen LogP contribution in [0.5, 0.6) is 0 Å². The van der Waals surface area contributed by atoms with Gasteiger partial charge in [-0.25, -0.2) is 0 Å². The Morgan fingerprint density at radius 3 is 0.227 bits per heavy atom. The van der Waals surface area contributed by atoms with Gasteiger partial charge in [-0.05, 0) is 55.4 Å². The largest absolute Gasteiger partial charge is 0.400 e. The Bertz CT molecular complexity index is 1590. The van der Waals surface area contributed by atoms with Crippen molar-refractivity contribution >= 4 is 9.79 Å². The second-order valence-electron chi connectivity index (χ2n) is 13.2. The SMILES string of the molecule is C.CO.CO.CO.CO.CO.CO.CO.CO.CO.CO.CO.CO.CO.CO.CO.Cc1ccccc1.Cc1ccccc1.Cc1ccccc1.Cc1ccccc1.Cc1ccccc1.Cc1ccccc1.Cc1ccccc1.Cc1ccccc1.[2H]P[2H]. The summed E-state index contributed by atoms with van der Waals surface area (Å²) >= 11 is 0. The maximum absolute atomic E-state index is 7.00. The van der Waals surface area contributed by atoms with E-state index in [4.69, 9.17) is 79.2 Å². The van der Waals surface area contributed by atoms with Crippen molar-refractivity contribution in [3.05, 3.63) is 287 Å². The summed E-state index contributed by atoms with van der Waals surface area (Å²) in [5, 5.41) is 105. The lowest BCUT2D eigenvalue weighted by Crippen LogP contribution is -1.62. The maximum Gasteiger partial charge on any atom is 0.0511 e. The topological polar surface area (TPSA) is 303 Å². The van der Waals surface area contributed by atoms with Crippen LogP contribution in [-0.4, -0.2) is 186 Å². The monoisotopic (exact) mass is 1270 g/mol. The standard InChI is InChI=1S/8C7H8.15CH4O.CH4.H3P/c8*1-7-5-3-2-4-6-7;15*1-2;;/h8*2-6H,1H3;15*2H,1H3;1H4;1H3/i;;;;;;;;;;;;;;;;;;;;;;;;1D2. The number of hydrogen-bond acceptors (Lipinski definition) is 15. The van der Waals surface area contributed by atoms with Crippen LogP contribution in [0.25, 0.3) is 0 Å². The van der Waals surface area contributed by atoms with Crippen molar-refractivity contribution in [1.29, 1.82) is 2.56 Å². The molecule has 514 valence electrons. The van der Waals surface area contributed by atoms with Gasteiger partial charge in [0.1, 0.15) is 0 Å². The molecule has 0 heterocycles. The molecule has 8 aromatic rings. The molecule has 0 bridgehead atoms. The predicted molar refractivity (Wildman–Crippen MR) is 389 cm³/mol. The molecule has 0 unspecified atom stereocenters. The van der Waals surface area contributed by atoms with E-state index in [9.17, 15) is 0 Å². The Morgan fingerprint density at radius 1 is 0.159 bits per heavy atom. The van der Waals surface area contributed by atoms with E-state index >= 15 is 0 Å². The van der Waals surface area contributed by atoms with Gasteiger partial charge in [-0.15, -0.1) is 0 Å². The molecule has 0 amide bonds. The molecular formula is C72H131O15P. The lowest BCUT2D eigenvalue weighted by molar-refractivity contribution is 0.399. The average Bonchev–Trinajstić information content (AvgIpc) is 3.64. The average molecular weight is 1270 g/mol. The number of hydrogen-bond donors (Lipinski definition) is 15. The molecule has 0 aliphatic rings. The first-order chi connectivity index (χ1) is 43.6. The molecule has 8 aromatic carbocycles. The lowest BCUT2D eigenvalue weighted by atomic mass is 10.2. The molecule has 0 radical (unpaired) electrons. The predicted octanol–water partition coefficient (Wildman–Crippen LogP) is 10.8. The highest BCUT2D eigenvalue weighted by Crippen LogP contribution is 1.96. The summed E-state index contributed by atoms with van der Waals surface area (Å²) in [5.41, 5.74) is 10.6. The zero-order chi connectivity index (χ0) is 73.6. The normalized spacial score (nSPS) is 6.80. The van der Waals surface area contributed by atoms with Gasteiger partial charge >= 0.3 is 0 Å². The zero-order valence-corrected chi connectivity index (χ0v) is 58.3. The molecule has 0 aliphatic heterocycles. The first kappa shape index (κ1) is 120. The van der Waals surface area contributed by atoms with Crippen molar-refractivity contribution in [3.8, 4) is 0 Å². The number of benzene rings is 8. The van der Waals surface area contributed by atoms with E-state index in [0.29, 0.717) is 0 Å². The highest BCUT2D eigenvalue weighted by atomic mass is 31.0. The van der Waals surface area contributed by atoms with Gasteiger partial charge in [0, 0.05) is 107 Å². The third-order valence-electron chi connectivity index (χ3n) is 7.52. The smallest absolute Gasteiger partial charge is 0.0511 e. The van der Waals surface area contributed by atoms with Crippen LogP contribution in [0.4, 0.5) is 0 Å². The van der Waals surface area contributed by atoms with Crippen LogP contribution in [0.3, 0.4) is 0 Å².